The molecule has 1 aromatic carbocycles. The summed E-state index contributed by atoms with van der Waals surface area (Å²) in [5, 5.41) is 0. The molecule has 0 N–H and O–H groups in total. The van der Waals surface area contributed by atoms with E-state index in [1.54, 1.807) is 7.11 Å². The van der Waals surface area contributed by atoms with E-state index in [-0.39, 0.29) is 0 Å². The maximum absolute atomic E-state index is 5.52. The molecule has 0 radical (unpaired) electrons. The predicted octanol–water partition coefficient (Wildman–Crippen LogP) is 2.91. The van der Waals surface area contributed by atoms with Gasteiger partial charge in [-0.1, -0.05) is 15.9 Å². The third-order valence-electron chi connectivity index (χ3n) is 4.77. The quantitative estimate of drug-likeness (QED) is 0.824. The number of benzene rings is 1. The van der Waals surface area contributed by atoms with Crippen LogP contribution >= 0.6 is 15.9 Å². The highest BCUT2D eigenvalue weighted by Crippen LogP contribution is 2.34. The van der Waals surface area contributed by atoms with Gasteiger partial charge in [0.2, 0.25) is 0 Å². The maximum Gasteiger partial charge on any atom is 0.122 e. The standard InChI is InChI=1S/C16H23BrN2O/c1-18-8-5-12(6-9-18)19-10-7-13-14(11-19)15(17)3-4-16(13)20-2/h3-4,12H,5-11H2,1-2H3. The molecule has 1 saturated heterocycles. The van der Waals surface area contributed by atoms with Crippen molar-refractivity contribution in [1.82, 2.24) is 9.80 Å². The van der Waals surface area contributed by atoms with Crippen LogP contribution in [0.2, 0.25) is 0 Å². The lowest BCUT2D eigenvalue weighted by atomic mass is 9.95. The number of halogens is 1. The van der Waals surface area contributed by atoms with Crippen molar-refractivity contribution in [1.29, 1.82) is 0 Å². The van der Waals surface area contributed by atoms with Crippen LogP contribution in [-0.2, 0) is 13.0 Å². The molecule has 0 atom stereocenters. The van der Waals surface area contributed by atoms with Crippen LogP contribution in [0, 0.1) is 0 Å². The van der Waals surface area contributed by atoms with Crippen LogP contribution in [-0.4, -0.2) is 49.6 Å². The monoisotopic (exact) mass is 338 g/mol. The summed E-state index contributed by atoms with van der Waals surface area (Å²) in [5.74, 6) is 1.05. The molecule has 3 rings (SSSR count). The highest BCUT2D eigenvalue weighted by atomic mass is 79.9. The number of rotatable bonds is 2. The smallest absolute Gasteiger partial charge is 0.122 e. The summed E-state index contributed by atoms with van der Waals surface area (Å²) in [5.41, 5.74) is 2.82. The predicted molar refractivity (Wildman–Crippen MR) is 85.3 cm³/mol. The Morgan fingerprint density at radius 1 is 1.15 bits per heavy atom. The average Bonchev–Trinajstić information content (AvgIpc) is 2.48. The number of fused-ring (bicyclic) bond motifs is 1. The Kier molecular flexibility index (Phi) is 4.34. The van der Waals surface area contributed by atoms with Gasteiger partial charge in [-0.15, -0.1) is 0 Å². The topological polar surface area (TPSA) is 15.7 Å². The summed E-state index contributed by atoms with van der Waals surface area (Å²) in [4.78, 5) is 5.10. The lowest BCUT2D eigenvalue weighted by Crippen LogP contribution is -2.45. The molecular formula is C16H23BrN2O. The summed E-state index contributed by atoms with van der Waals surface area (Å²) in [6.07, 6.45) is 3.70. The van der Waals surface area contributed by atoms with Gasteiger partial charge < -0.3 is 9.64 Å². The Morgan fingerprint density at radius 3 is 2.60 bits per heavy atom. The second kappa shape index (κ2) is 6.04. The van der Waals surface area contributed by atoms with E-state index in [1.807, 2.05) is 0 Å². The number of hydrogen-bond donors (Lipinski definition) is 0. The molecule has 0 aromatic heterocycles. The van der Waals surface area contributed by atoms with Gasteiger partial charge in [0.25, 0.3) is 0 Å². The van der Waals surface area contributed by atoms with Crippen molar-refractivity contribution in [2.45, 2.75) is 31.8 Å². The van der Waals surface area contributed by atoms with Crippen molar-refractivity contribution >= 4 is 15.9 Å². The number of hydrogen-bond acceptors (Lipinski definition) is 3. The Hall–Kier alpha value is -0.580. The lowest BCUT2D eigenvalue weighted by Gasteiger charge is -2.40. The van der Waals surface area contributed by atoms with Crippen molar-refractivity contribution in [3.8, 4) is 5.75 Å². The van der Waals surface area contributed by atoms with Gasteiger partial charge >= 0.3 is 0 Å². The summed E-state index contributed by atoms with van der Waals surface area (Å²) in [6, 6.07) is 4.95. The number of nitrogens with zero attached hydrogens (tertiary/aromatic N) is 2. The van der Waals surface area contributed by atoms with Gasteiger partial charge in [0.1, 0.15) is 5.75 Å². The average molecular weight is 339 g/mol. The molecule has 20 heavy (non-hydrogen) atoms. The molecular weight excluding hydrogens is 316 g/mol. The highest BCUT2D eigenvalue weighted by Gasteiger charge is 2.28. The van der Waals surface area contributed by atoms with E-state index in [2.05, 4.69) is 44.9 Å². The van der Waals surface area contributed by atoms with E-state index >= 15 is 0 Å². The van der Waals surface area contributed by atoms with E-state index in [0.717, 1.165) is 31.3 Å². The molecule has 2 aliphatic rings. The van der Waals surface area contributed by atoms with E-state index in [9.17, 15) is 0 Å². The van der Waals surface area contributed by atoms with E-state index in [4.69, 9.17) is 4.74 Å². The largest absolute Gasteiger partial charge is 0.496 e. The molecule has 2 heterocycles. The number of piperidine rings is 1. The van der Waals surface area contributed by atoms with Gasteiger partial charge in [-0.25, -0.2) is 0 Å². The molecule has 0 amide bonds. The summed E-state index contributed by atoms with van der Waals surface area (Å²) < 4.78 is 6.74. The molecule has 2 aliphatic heterocycles. The zero-order chi connectivity index (χ0) is 14.1. The number of methoxy groups -OCH3 is 1. The van der Waals surface area contributed by atoms with Crippen LogP contribution in [0.3, 0.4) is 0 Å². The first-order valence-corrected chi connectivity index (χ1v) is 8.25. The first kappa shape index (κ1) is 14.4. The second-order valence-corrected chi connectivity index (χ2v) is 6.82. The lowest BCUT2D eigenvalue weighted by molar-refractivity contribution is 0.109. The van der Waals surface area contributed by atoms with E-state index < -0.39 is 0 Å². The van der Waals surface area contributed by atoms with Gasteiger partial charge in [-0.05, 0) is 57.1 Å². The fourth-order valence-corrected chi connectivity index (χ4v) is 3.99. The van der Waals surface area contributed by atoms with Crippen molar-refractivity contribution in [2.24, 2.45) is 0 Å². The van der Waals surface area contributed by atoms with Crippen molar-refractivity contribution in [3.05, 3.63) is 27.7 Å². The van der Waals surface area contributed by atoms with Crippen molar-refractivity contribution in [3.63, 3.8) is 0 Å². The van der Waals surface area contributed by atoms with Crippen molar-refractivity contribution < 1.29 is 4.74 Å². The van der Waals surface area contributed by atoms with Crippen LogP contribution in [0.25, 0.3) is 0 Å². The van der Waals surface area contributed by atoms with Gasteiger partial charge in [0.15, 0.2) is 0 Å². The summed E-state index contributed by atoms with van der Waals surface area (Å²) >= 11 is 3.72. The second-order valence-electron chi connectivity index (χ2n) is 5.96. The molecule has 4 heteroatoms. The Morgan fingerprint density at radius 2 is 1.90 bits per heavy atom. The summed E-state index contributed by atoms with van der Waals surface area (Å²) in [7, 11) is 4.00. The minimum absolute atomic E-state index is 0.748. The third-order valence-corrected chi connectivity index (χ3v) is 5.51. The molecule has 0 bridgehead atoms. The van der Waals surface area contributed by atoms with Crippen LogP contribution in [0.15, 0.2) is 16.6 Å². The van der Waals surface area contributed by atoms with E-state index in [0.29, 0.717) is 0 Å². The SMILES string of the molecule is COc1ccc(Br)c2c1CCN(C1CCN(C)CC1)C2. The van der Waals surface area contributed by atoms with Crippen LogP contribution in [0.5, 0.6) is 5.75 Å². The highest BCUT2D eigenvalue weighted by molar-refractivity contribution is 9.10. The van der Waals surface area contributed by atoms with Gasteiger partial charge in [0, 0.05) is 29.2 Å². The maximum atomic E-state index is 5.52. The van der Waals surface area contributed by atoms with E-state index in [1.165, 1.54) is 41.5 Å². The normalized spacial score (nSPS) is 21.8. The molecule has 0 aliphatic carbocycles. The molecule has 1 aromatic rings. The van der Waals surface area contributed by atoms with Gasteiger partial charge in [-0.3, -0.25) is 4.90 Å². The molecule has 0 saturated carbocycles. The van der Waals surface area contributed by atoms with Gasteiger partial charge in [0.05, 0.1) is 7.11 Å². The minimum Gasteiger partial charge on any atom is -0.496 e. The third kappa shape index (κ3) is 2.74. The van der Waals surface area contributed by atoms with Gasteiger partial charge in [-0.2, -0.15) is 0 Å². The number of ether oxygens (including phenoxy) is 1. The summed E-state index contributed by atoms with van der Waals surface area (Å²) in [6.45, 7) is 4.68. The number of likely N-dealkylation sites (tertiary alicyclic amines) is 1. The molecule has 1 fully saturated rings. The zero-order valence-corrected chi connectivity index (χ0v) is 13.9. The fourth-order valence-electron chi connectivity index (χ4n) is 3.49. The minimum atomic E-state index is 0.748. The fraction of sp³-hybridized carbons (Fsp3) is 0.625. The van der Waals surface area contributed by atoms with Crippen LogP contribution in [0.1, 0.15) is 24.0 Å². The first-order valence-electron chi connectivity index (χ1n) is 7.46. The molecule has 0 unspecified atom stereocenters. The Balaban J connectivity index is 1.78. The van der Waals surface area contributed by atoms with Crippen LogP contribution < -0.4 is 4.74 Å². The molecule has 110 valence electrons. The van der Waals surface area contributed by atoms with Crippen molar-refractivity contribution in [2.75, 3.05) is 33.8 Å². The van der Waals surface area contributed by atoms with Crippen LogP contribution in [0.4, 0.5) is 0 Å². The molecule has 0 spiro atoms. The Bertz CT molecular complexity index is 484. The zero-order valence-electron chi connectivity index (χ0n) is 12.4. The first-order chi connectivity index (χ1) is 9.69. The molecule has 3 nitrogen and oxygen atoms in total. The Labute approximate surface area is 130 Å².